The lowest BCUT2D eigenvalue weighted by Gasteiger charge is -2.22. The van der Waals surface area contributed by atoms with Crippen LogP contribution >= 0.6 is 23.1 Å². The average Bonchev–Trinajstić information content (AvgIpc) is 3.48. The number of nitriles is 1. The number of para-hydroxylation sites is 1. The summed E-state index contributed by atoms with van der Waals surface area (Å²) in [5, 5.41) is 15.5. The van der Waals surface area contributed by atoms with Gasteiger partial charge in [-0.05, 0) is 66.6 Å². The van der Waals surface area contributed by atoms with E-state index in [-0.39, 0.29) is 24.3 Å². The van der Waals surface area contributed by atoms with Crippen molar-refractivity contribution >= 4 is 57.3 Å². The molecule has 7 nitrogen and oxygen atoms in total. The van der Waals surface area contributed by atoms with E-state index >= 15 is 0 Å². The number of benzene rings is 3. The third kappa shape index (κ3) is 5.62. The van der Waals surface area contributed by atoms with E-state index in [4.69, 9.17) is 0 Å². The number of nitrogens with zero attached hydrogens (tertiary/aromatic N) is 2. The lowest BCUT2D eigenvalue weighted by molar-refractivity contribution is -0.121. The fraction of sp³-hybridized carbons (Fsp3) is 0.188. The Morgan fingerprint density at radius 1 is 0.927 bits per heavy atom. The number of carbonyl (C=O) groups is 3. The van der Waals surface area contributed by atoms with Crippen molar-refractivity contribution in [1.29, 1.82) is 5.26 Å². The topological polar surface area (TPSA) is 102 Å². The first-order chi connectivity index (χ1) is 20.0. The molecule has 6 rings (SSSR count). The summed E-state index contributed by atoms with van der Waals surface area (Å²) in [6.45, 7) is 0. The maximum atomic E-state index is 13.6. The molecule has 1 aliphatic carbocycles. The minimum absolute atomic E-state index is 0.0513. The van der Waals surface area contributed by atoms with Gasteiger partial charge in [0, 0.05) is 27.6 Å². The van der Waals surface area contributed by atoms with Crippen molar-refractivity contribution < 1.29 is 14.4 Å². The monoisotopic (exact) mass is 578 g/mol. The Bertz CT molecular complexity index is 1660. The van der Waals surface area contributed by atoms with Gasteiger partial charge >= 0.3 is 6.03 Å². The van der Waals surface area contributed by atoms with Gasteiger partial charge in [0.2, 0.25) is 11.8 Å². The molecule has 204 valence electrons. The second-order valence-electron chi connectivity index (χ2n) is 10.00. The summed E-state index contributed by atoms with van der Waals surface area (Å²) in [7, 11) is 0. The zero-order chi connectivity index (χ0) is 28.3. The minimum Gasteiger partial charge on any atom is -0.308 e. The normalized spacial score (nSPS) is 18.1. The summed E-state index contributed by atoms with van der Waals surface area (Å²) in [5.74, 6) is -0.251. The molecule has 3 aromatic carbocycles. The van der Waals surface area contributed by atoms with Crippen LogP contribution in [-0.4, -0.2) is 23.1 Å². The molecule has 0 radical (unpaired) electrons. The highest BCUT2D eigenvalue weighted by molar-refractivity contribution is 8.00. The lowest BCUT2D eigenvalue weighted by Crippen LogP contribution is -2.31. The van der Waals surface area contributed by atoms with Crippen LogP contribution in [0, 0.1) is 11.3 Å². The zero-order valence-corrected chi connectivity index (χ0v) is 23.6. The molecule has 1 fully saturated rings. The van der Waals surface area contributed by atoms with Gasteiger partial charge in [0.1, 0.15) is 11.1 Å². The second kappa shape index (κ2) is 11.6. The van der Waals surface area contributed by atoms with Gasteiger partial charge in [0.25, 0.3) is 0 Å². The predicted molar refractivity (Wildman–Crippen MR) is 163 cm³/mol. The number of thiophene rings is 1. The molecule has 0 unspecified atom stereocenters. The fourth-order valence-electron chi connectivity index (χ4n) is 5.39. The van der Waals surface area contributed by atoms with E-state index in [0.29, 0.717) is 27.9 Å². The molecule has 4 amide bonds. The van der Waals surface area contributed by atoms with Gasteiger partial charge in [-0.15, -0.1) is 23.1 Å². The Balaban J connectivity index is 1.16. The molecule has 1 aromatic heterocycles. The maximum absolute atomic E-state index is 13.6. The number of urea groups is 1. The maximum Gasteiger partial charge on any atom is 0.323 e. The van der Waals surface area contributed by atoms with E-state index in [0.717, 1.165) is 34.6 Å². The number of nitrogens with one attached hydrogen (secondary N) is 2. The van der Waals surface area contributed by atoms with E-state index in [1.54, 1.807) is 30.3 Å². The first-order valence-electron chi connectivity index (χ1n) is 13.4. The smallest absolute Gasteiger partial charge is 0.308 e. The molecule has 2 heterocycles. The van der Waals surface area contributed by atoms with Gasteiger partial charge in [-0.1, -0.05) is 54.6 Å². The van der Waals surface area contributed by atoms with E-state index < -0.39 is 5.25 Å². The van der Waals surface area contributed by atoms with Crippen molar-refractivity contribution in [3.05, 3.63) is 106 Å². The van der Waals surface area contributed by atoms with Crippen LogP contribution in [0.5, 0.6) is 0 Å². The highest BCUT2D eigenvalue weighted by Crippen LogP contribution is 2.46. The van der Waals surface area contributed by atoms with Crippen LogP contribution in [0.1, 0.15) is 40.3 Å². The van der Waals surface area contributed by atoms with Crippen molar-refractivity contribution in [2.45, 2.75) is 41.7 Å². The van der Waals surface area contributed by atoms with Crippen molar-refractivity contribution in [2.24, 2.45) is 0 Å². The number of rotatable bonds is 6. The molecule has 0 saturated carbocycles. The lowest BCUT2D eigenvalue weighted by atomic mass is 9.83. The zero-order valence-electron chi connectivity index (χ0n) is 22.0. The number of hydrogen-bond acceptors (Lipinski definition) is 6. The number of carbonyl (C=O) groups excluding carboxylic acids is 3. The van der Waals surface area contributed by atoms with Crippen molar-refractivity contribution in [2.75, 3.05) is 15.5 Å². The molecular formula is C32H26N4O3S2. The second-order valence-corrected chi connectivity index (χ2v) is 12.4. The van der Waals surface area contributed by atoms with Crippen LogP contribution in [0.2, 0.25) is 0 Å². The molecule has 1 aliphatic heterocycles. The average molecular weight is 579 g/mol. The van der Waals surface area contributed by atoms with E-state index in [1.807, 2.05) is 42.5 Å². The number of anilines is 3. The minimum atomic E-state index is -0.612. The summed E-state index contributed by atoms with van der Waals surface area (Å²) in [4.78, 5) is 42.2. The summed E-state index contributed by atoms with van der Waals surface area (Å²) in [6, 6.07) is 28.6. The van der Waals surface area contributed by atoms with Gasteiger partial charge < -0.3 is 10.6 Å². The van der Waals surface area contributed by atoms with E-state index in [9.17, 15) is 19.6 Å². The number of amides is 4. The van der Waals surface area contributed by atoms with Crippen molar-refractivity contribution in [1.82, 2.24) is 0 Å². The molecule has 9 heteroatoms. The van der Waals surface area contributed by atoms with Gasteiger partial charge in [0.05, 0.1) is 10.8 Å². The van der Waals surface area contributed by atoms with Crippen LogP contribution in [0.25, 0.3) is 0 Å². The Kier molecular flexibility index (Phi) is 7.59. The molecule has 0 spiro atoms. The standard InChI is InChI=1S/C32H26N4O3S2/c33-19-26-25-15-14-21(20-8-3-1-4-9-20)16-27(25)41-31(26)36-29(37)18-28(30(36)38)40-24-13-7-12-23(17-24)35-32(39)34-22-10-5-2-6-11-22/h1-13,17,21,28H,14-16,18H2,(H2,34,35,39)/t21-,28-/m0/s1. The first kappa shape index (κ1) is 26.8. The summed E-state index contributed by atoms with van der Waals surface area (Å²) >= 11 is 2.70. The molecule has 1 saturated heterocycles. The molecule has 4 aromatic rings. The Hall–Kier alpha value is -4.39. The largest absolute Gasteiger partial charge is 0.323 e. The molecule has 2 aliphatic rings. The fourth-order valence-corrected chi connectivity index (χ4v) is 7.90. The molecule has 2 atom stereocenters. The van der Waals surface area contributed by atoms with Crippen molar-refractivity contribution in [3.8, 4) is 6.07 Å². The summed E-state index contributed by atoms with van der Waals surface area (Å²) < 4.78 is 0. The summed E-state index contributed by atoms with van der Waals surface area (Å²) in [6.07, 6.45) is 2.52. The Morgan fingerprint density at radius 2 is 1.63 bits per heavy atom. The summed E-state index contributed by atoms with van der Waals surface area (Å²) in [5.41, 5.74) is 3.95. The van der Waals surface area contributed by atoms with Gasteiger partial charge in [-0.2, -0.15) is 5.26 Å². The number of imide groups is 1. The van der Waals surface area contributed by atoms with Gasteiger partial charge in [-0.25, -0.2) is 9.69 Å². The molecule has 0 bridgehead atoms. The van der Waals surface area contributed by atoms with Gasteiger partial charge in [0.15, 0.2) is 0 Å². The van der Waals surface area contributed by atoms with Crippen LogP contribution in [0.15, 0.2) is 89.8 Å². The quantitative estimate of drug-likeness (QED) is 0.241. The third-order valence-corrected chi connectivity index (χ3v) is 9.76. The van der Waals surface area contributed by atoms with Crippen LogP contribution in [-0.2, 0) is 22.4 Å². The number of fused-ring (bicyclic) bond motifs is 1. The molecular weight excluding hydrogens is 553 g/mol. The molecule has 41 heavy (non-hydrogen) atoms. The van der Waals surface area contributed by atoms with Crippen LogP contribution in [0.4, 0.5) is 21.2 Å². The van der Waals surface area contributed by atoms with Crippen LogP contribution < -0.4 is 15.5 Å². The SMILES string of the molecule is N#Cc1c(N2C(=O)C[C@H](Sc3cccc(NC(=O)Nc4ccccc4)c3)C2=O)sc2c1CC[C@H](c1ccccc1)C2. The predicted octanol–water partition coefficient (Wildman–Crippen LogP) is 6.96. The Morgan fingerprint density at radius 3 is 2.39 bits per heavy atom. The first-order valence-corrected chi connectivity index (χ1v) is 15.1. The highest BCUT2D eigenvalue weighted by atomic mass is 32.2. The van der Waals surface area contributed by atoms with E-state index in [1.165, 1.54) is 33.6 Å². The van der Waals surface area contributed by atoms with E-state index in [2.05, 4.69) is 28.8 Å². The van der Waals surface area contributed by atoms with Crippen LogP contribution in [0.3, 0.4) is 0 Å². The number of hydrogen-bond donors (Lipinski definition) is 2. The number of thioether (sulfide) groups is 1. The molecule has 2 N–H and O–H groups in total. The van der Waals surface area contributed by atoms with Crippen molar-refractivity contribution in [3.63, 3.8) is 0 Å². The third-order valence-electron chi connectivity index (χ3n) is 7.34. The van der Waals surface area contributed by atoms with Gasteiger partial charge in [-0.3, -0.25) is 9.59 Å². The Labute approximate surface area is 246 Å². The highest BCUT2D eigenvalue weighted by Gasteiger charge is 2.43.